The van der Waals surface area contributed by atoms with Crippen LogP contribution in [0, 0.1) is 0 Å². The van der Waals surface area contributed by atoms with Gasteiger partial charge in [0.25, 0.3) is 0 Å². The summed E-state index contributed by atoms with van der Waals surface area (Å²) in [5, 5.41) is 0. The third kappa shape index (κ3) is 5.83. The van der Waals surface area contributed by atoms with Gasteiger partial charge in [-0.15, -0.1) is 26.3 Å². The molecule has 16 heteroatoms. The average molecular weight is 605 g/mol. The topological polar surface area (TPSA) is 92.3 Å². The van der Waals surface area contributed by atoms with Gasteiger partial charge in [-0.3, -0.25) is 0 Å². The van der Waals surface area contributed by atoms with Gasteiger partial charge in [0.1, 0.15) is 0 Å². The second-order valence-electron chi connectivity index (χ2n) is 8.07. The van der Waals surface area contributed by atoms with E-state index < -0.39 is 52.8 Å². The highest BCUT2D eigenvalue weighted by Gasteiger charge is 2.77. The normalized spacial score (nSPS) is 41.8. The monoisotopic (exact) mass is 604 g/mol. The SMILES string of the molecule is C=C[Si]1(OCCCC)O[Si]2(C=C)O[Si](C=C)(OCCCC)O[Si]3(C=C)O[Si](C=C)(O1)O[Si](C=C)(O2)O3. The first-order chi connectivity index (χ1) is 17.1. The molecule has 0 aliphatic carbocycles. The van der Waals surface area contributed by atoms with E-state index in [9.17, 15) is 0 Å². The summed E-state index contributed by atoms with van der Waals surface area (Å²) in [6.07, 6.45) is 3.32. The Morgan fingerprint density at radius 1 is 0.472 bits per heavy atom. The Morgan fingerprint density at radius 3 is 1.00 bits per heavy atom. The summed E-state index contributed by atoms with van der Waals surface area (Å²) in [6.45, 7) is 28.5. The van der Waals surface area contributed by atoms with Crippen molar-refractivity contribution in [3.8, 4) is 0 Å². The molecule has 36 heavy (non-hydrogen) atoms. The van der Waals surface area contributed by atoms with Crippen molar-refractivity contribution in [2.75, 3.05) is 13.2 Å². The van der Waals surface area contributed by atoms with Crippen LogP contribution in [0.3, 0.4) is 0 Å². The first-order valence-electron chi connectivity index (χ1n) is 11.8. The maximum atomic E-state index is 6.60. The summed E-state index contributed by atoms with van der Waals surface area (Å²) < 4.78 is 64.6. The smallest absolute Gasteiger partial charge is 0.371 e. The van der Waals surface area contributed by atoms with Gasteiger partial charge in [-0.25, -0.2) is 0 Å². The van der Waals surface area contributed by atoms with Crippen molar-refractivity contribution in [2.45, 2.75) is 39.5 Å². The van der Waals surface area contributed by atoms with Gasteiger partial charge in [0, 0.05) is 13.2 Å². The fourth-order valence-electron chi connectivity index (χ4n) is 3.50. The standard InChI is InChI=1S/C20H36O10Si6/c1-9-17-19-21-31(11-3)23-33(13-5)24-32(12-4,22-20-18-10-2)26-35(15-7)28-34(14-6,25-31)29-36(16-8,27-33)30-35/h11-16H,3-10,17-20H2,1-2H3. The van der Waals surface area contributed by atoms with Gasteiger partial charge in [0.2, 0.25) is 0 Å². The van der Waals surface area contributed by atoms with Crippen LogP contribution in [0.25, 0.3) is 0 Å². The van der Waals surface area contributed by atoms with Gasteiger partial charge >= 0.3 is 52.8 Å². The summed E-state index contributed by atoms with van der Waals surface area (Å²) in [4.78, 5) is 0. The highest BCUT2D eigenvalue weighted by molar-refractivity contribution is 7.03. The Balaban J connectivity index is 2.26. The fraction of sp³-hybridized carbons (Fsp3) is 0.400. The molecule has 3 aliphatic rings. The molecule has 0 saturated carbocycles. The van der Waals surface area contributed by atoms with E-state index in [0.29, 0.717) is 13.2 Å². The van der Waals surface area contributed by atoms with Gasteiger partial charge < -0.3 is 41.8 Å². The van der Waals surface area contributed by atoms with Crippen molar-refractivity contribution >= 4 is 52.8 Å². The molecule has 3 heterocycles. The number of rotatable bonds is 14. The maximum Gasteiger partial charge on any atom is 0.514 e. The van der Waals surface area contributed by atoms with E-state index in [1.165, 1.54) is 34.2 Å². The quantitative estimate of drug-likeness (QED) is 0.215. The molecule has 3 fully saturated rings. The van der Waals surface area contributed by atoms with Crippen LogP contribution in [-0.4, -0.2) is 66.0 Å². The Bertz CT molecular complexity index is 839. The van der Waals surface area contributed by atoms with Gasteiger partial charge in [0.05, 0.1) is 0 Å². The minimum absolute atomic E-state index is 0.343. The predicted molar refractivity (Wildman–Crippen MR) is 146 cm³/mol. The molecular formula is C20H36O10Si6. The third-order valence-electron chi connectivity index (χ3n) is 5.38. The molecule has 4 unspecified atom stereocenters. The second kappa shape index (κ2) is 11.6. The Labute approximate surface area is 220 Å². The third-order valence-corrected chi connectivity index (χ3v) is 27.8. The lowest BCUT2D eigenvalue weighted by atomic mass is 10.4. The Kier molecular flexibility index (Phi) is 9.64. The van der Waals surface area contributed by atoms with Crippen LogP contribution in [0.4, 0.5) is 0 Å². The summed E-state index contributed by atoms with van der Waals surface area (Å²) >= 11 is 0. The van der Waals surface area contributed by atoms with Crippen LogP contribution in [0.15, 0.2) is 73.7 Å². The van der Waals surface area contributed by atoms with Crippen molar-refractivity contribution < 1.29 is 41.8 Å². The molecule has 0 amide bonds. The van der Waals surface area contributed by atoms with Crippen LogP contribution in [-0.2, 0) is 41.8 Å². The molecule has 0 radical (unpaired) electrons. The van der Waals surface area contributed by atoms with Gasteiger partial charge in [0.15, 0.2) is 0 Å². The van der Waals surface area contributed by atoms with E-state index in [1.54, 1.807) is 0 Å². The average Bonchev–Trinajstić information content (AvgIpc) is 2.87. The molecule has 3 rings (SSSR count). The zero-order valence-corrected chi connectivity index (χ0v) is 27.0. The number of unbranched alkanes of at least 4 members (excludes halogenated alkanes) is 2. The van der Waals surface area contributed by atoms with Crippen molar-refractivity contribution in [2.24, 2.45) is 0 Å². The van der Waals surface area contributed by atoms with E-state index in [4.69, 9.17) is 41.8 Å². The van der Waals surface area contributed by atoms with Gasteiger partial charge in [-0.05, 0) is 47.0 Å². The highest BCUT2D eigenvalue weighted by Crippen LogP contribution is 2.45. The summed E-state index contributed by atoms with van der Waals surface area (Å²) in [5.74, 6) is 0. The van der Waals surface area contributed by atoms with Crippen molar-refractivity contribution in [1.29, 1.82) is 0 Å². The molecule has 4 bridgehead atoms. The number of hydrogen-bond donors (Lipinski definition) is 0. The number of fused-ring (bicyclic) bond motifs is 3. The molecule has 4 atom stereocenters. The van der Waals surface area contributed by atoms with Crippen molar-refractivity contribution in [1.82, 2.24) is 0 Å². The predicted octanol–water partition coefficient (Wildman–Crippen LogP) is 3.78. The van der Waals surface area contributed by atoms with Crippen LogP contribution < -0.4 is 0 Å². The number of hydrogen-bond acceptors (Lipinski definition) is 10. The van der Waals surface area contributed by atoms with Gasteiger partial charge in [-0.2, -0.15) is 0 Å². The Hall–Kier alpha value is -0.659. The summed E-state index contributed by atoms with van der Waals surface area (Å²) in [6, 6.07) is 0. The largest absolute Gasteiger partial charge is 0.514 e. The molecule has 0 aromatic carbocycles. The summed E-state index contributed by atoms with van der Waals surface area (Å²) in [5.41, 5.74) is 8.84. The zero-order valence-electron chi connectivity index (χ0n) is 21.0. The summed E-state index contributed by atoms with van der Waals surface area (Å²) in [7, 11) is -23.1. The van der Waals surface area contributed by atoms with Crippen LogP contribution >= 0.6 is 0 Å². The molecule has 3 aliphatic heterocycles. The van der Waals surface area contributed by atoms with E-state index in [2.05, 4.69) is 39.5 Å². The van der Waals surface area contributed by atoms with Gasteiger partial charge in [-0.1, -0.05) is 39.8 Å². The first kappa shape index (κ1) is 29.9. The molecule has 0 aromatic rings. The lowest BCUT2D eigenvalue weighted by Crippen LogP contribution is -2.83. The van der Waals surface area contributed by atoms with Crippen molar-refractivity contribution in [3.63, 3.8) is 0 Å². The molecule has 200 valence electrons. The van der Waals surface area contributed by atoms with Crippen LogP contribution in [0.1, 0.15) is 39.5 Å². The molecule has 3 saturated heterocycles. The Morgan fingerprint density at radius 2 is 0.750 bits per heavy atom. The highest BCUT2D eigenvalue weighted by atomic mass is 28.6. The maximum absolute atomic E-state index is 6.60. The van der Waals surface area contributed by atoms with E-state index in [1.807, 2.05) is 13.8 Å². The minimum atomic E-state index is -3.99. The zero-order chi connectivity index (χ0) is 26.6. The molecule has 0 aromatic heterocycles. The first-order valence-corrected chi connectivity index (χ1v) is 22.7. The fourth-order valence-corrected chi connectivity index (χ4v) is 31.1. The lowest BCUT2D eigenvalue weighted by Gasteiger charge is -2.56. The van der Waals surface area contributed by atoms with Crippen molar-refractivity contribution in [3.05, 3.63) is 73.7 Å². The molecule has 0 N–H and O–H groups in total. The minimum Gasteiger partial charge on any atom is -0.371 e. The van der Waals surface area contributed by atoms with Crippen LogP contribution in [0.5, 0.6) is 0 Å². The molecule has 10 nitrogen and oxygen atoms in total. The molecular weight excluding hydrogens is 569 g/mol. The van der Waals surface area contributed by atoms with Crippen LogP contribution in [0.2, 0.25) is 0 Å². The van der Waals surface area contributed by atoms with E-state index in [0.717, 1.165) is 25.7 Å². The second-order valence-corrected chi connectivity index (χ2v) is 24.9. The molecule has 0 spiro atoms. The van der Waals surface area contributed by atoms with E-state index in [-0.39, 0.29) is 0 Å². The van der Waals surface area contributed by atoms with E-state index >= 15 is 0 Å². The lowest BCUT2D eigenvalue weighted by molar-refractivity contribution is 0.00711.